The van der Waals surface area contributed by atoms with Crippen molar-refractivity contribution in [2.45, 2.75) is 53.6 Å². The summed E-state index contributed by atoms with van der Waals surface area (Å²) in [5, 5.41) is 14.0. The summed E-state index contributed by atoms with van der Waals surface area (Å²) < 4.78 is 13.6. The molecule has 1 heterocycles. The Morgan fingerprint density at radius 2 is 2.06 bits per heavy atom. The van der Waals surface area contributed by atoms with Crippen molar-refractivity contribution >= 4 is 11.5 Å². The molecule has 0 saturated heterocycles. The third-order valence-corrected chi connectivity index (χ3v) is 5.65. The van der Waals surface area contributed by atoms with E-state index in [2.05, 4.69) is 31.1 Å². The normalized spacial score (nSPS) is 12.7. The van der Waals surface area contributed by atoms with Crippen LogP contribution in [0.4, 0.5) is 5.82 Å². The fourth-order valence-corrected chi connectivity index (χ4v) is 3.35. The molecule has 8 nitrogen and oxygen atoms in total. The summed E-state index contributed by atoms with van der Waals surface area (Å²) in [6, 6.07) is 9.42. The molecule has 0 unspecified atom stereocenters. The first-order valence-corrected chi connectivity index (χ1v) is 12.4. The van der Waals surface area contributed by atoms with Gasteiger partial charge in [0.2, 0.25) is 5.88 Å². The van der Waals surface area contributed by atoms with Crippen LogP contribution in [0.2, 0.25) is 0 Å². The summed E-state index contributed by atoms with van der Waals surface area (Å²) in [6.45, 7) is 12.1. The number of anilines is 1. The van der Waals surface area contributed by atoms with Crippen LogP contribution < -0.4 is 15.4 Å². The Kier molecular flexibility index (Phi) is 11.4. The van der Waals surface area contributed by atoms with Gasteiger partial charge in [0.05, 0.1) is 24.3 Å². The molecule has 0 aliphatic heterocycles. The van der Waals surface area contributed by atoms with Gasteiger partial charge in [0.15, 0.2) is 5.82 Å². The monoisotopic (exact) mass is 492 g/mol. The fraction of sp³-hybridized carbons (Fsp3) is 0.464. The number of hydrogen-bond acceptors (Lipinski definition) is 7. The molecule has 0 bridgehead atoms. The van der Waals surface area contributed by atoms with Gasteiger partial charge in [-0.15, -0.1) is 0 Å². The maximum absolute atomic E-state index is 9.45. The summed E-state index contributed by atoms with van der Waals surface area (Å²) in [6.07, 6.45) is 5.91. The zero-order valence-electron chi connectivity index (χ0n) is 22.7. The first-order valence-electron chi connectivity index (χ1n) is 12.4. The number of likely N-dealkylation sites (N-methyl/N-ethyl adjacent to an activating group) is 1. The smallest absolute Gasteiger partial charge is 0.219 e. The Morgan fingerprint density at radius 1 is 1.31 bits per heavy atom. The highest BCUT2D eigenvalue weighted by Crippen LogP contribution is 2.29. The Balaban J connectivity index is 2.35. The minimum absolute atomic E-state index is 0.185. The van der Waals surface area contributed by atoms with Crippen LogP contribution in [0.15, 0.2) is 52.7 Å². The van der Waals surface area contributed by atoms with Gasteiger partial charge in [0.1, 0.15) is 5.75 Å². The molecule has 0 aliphatic carbocycles. The highest BCUT2D eigenvalue weighted by Gasteiger charge is 2.15. The van der Waals surface area contributed by atoms with Gasteiger partial charge in [-0.25, -0.2) is 4.68 Å². The summed E-state index contributed by atoms with van der Waals surface area (Å²) in [5.74, 6) is 1.88. The number of nitriles is 1. The van der Waals surface area contributed by atoms with Gasteiger partial charge >= 0.3 is 0 Å². The molecule has 0 aliphatic rings. The van der Waals surface area contributed by atoms with Gasteiger partial charge in [-0.2, -0.15) is 10.4 Å². The average Bonchev–Trinajstić information content (AvgIpc) is 3.22. The van der Waals surface area contributed by atoms with Crippen LogP contribution in [-0.4, -0.2) is 48.3 Å². The molecule has 1 aromatic carbocycles. The van der Waals surface area contributed by atoms with Crippen molar-refractivity contribution < 1.29 is 9.47 Å². The zero-order valence-corrected chi connectivity index (χ0v) is 22.7. The van der Waals surface area contributed by atoms with E-state index >= 15 is 0 Å². The van der Waals surface area contributed by atoms with Crippen LogP contribution in [0.3, 0.4) is 0 Å². The number of allylic oxidation sites excluding steroid dienone is 2. The molecule has 36 heavy (non-hydrogen) atoms. The minimum atomic E-state index is 0.185. The summed E-state index contributed by atoms with van der Waals surface area (Å²) in [7, 11) is 3.80. The number of hydrogen-bond donors (Lipinski definition) is 1. The van der Waals surface area contributed by atoms with E-state index in [0.29, 0.717) is 36.9 Å². The maximum atomic E-state index is 9.45. The lowest BCUT2D eigenvalue weighted by Gasteiger charge is -2.16. The SMILES string of the molecule is CC/C(C)=C/C(=C\N=C(C)c1ccc(C#N)cc1Oc1cc(N(C)CCOC(C)C)nn1C)CCN. The number of aryl methyl sites for hydroxylation is 1. The van der Waals surface area contributed by atoms with E-state index in [1.165, 1.54) is 5.57 Å². The summed E-state index contributed by atoms with van der Waals surface area (Å²) in [4.78, 5) is 6.73. The number of aliphatic imine (C=N–C) groups is 1. The molecule has 0 amide bonds. The molecule has 194 valence electrons. The molecule has 0 saturated carbocycles. The van der Waals surface area contributed by atoms with Crippen molar-refractivity contribution in [1.29, 1.82) is 5.26 Å². The van der Waals surface area contributed by atoms with E-state index in [0.717, 1.165) is 35.5 Å². The Labute approximate surface area is 215 Å². The number of nitrogens with two attached hydrogens (primary N) is 1. The predicted octanol–water partition coefficient (Wildman–Crippen LogP) is 5.34. The average molecular weight is 493 g/mol. The van der Waals surface area contributed by atoms with Crippen molar-refractivity contribution in [3.8, 4) is 17.7 Å². The van der Waals surface area contributed by atoms with Crippen LogP contribution in [0.1, 0.15) is 58.6 Å². The molecule has 8 heteroatoms. The lowest BCUT2D eigenvalue weighted by molar-refractivity contribution is 0.0845. The fourth-order valence-electron chi connectivity index (χ4n) is 3.35. The molecule has 0 fully saturated rings. The minimum Gasteiger partial charge on any atom is -0.438 e. The second-order valence-corrected chi connectivity index (χ2v) is 9.03. The van der Waals surface area contributed by atoms with Crippen LogP contribution in [0.5, 0.6) is 11.6 Å². The number of rotatable bonds is 13. The van der Waals surface area contributed by atoms with E-state index in [-0.39, 0.29) is 6.10 Å². The Morgan fingerprint density at radius 3 is 2.69 bits per heavy atom. The topological polar surface area (TPSA) is 102 Å². The first-order chi connectivity index (χ1) is 17.2. The molecule has 0 atom stereocenters. The van der Waals surface area contributed by atoms with Crippen LogP contribution in [-0.2, 0) is 11.8 Å². The van der Waals surface area contributed by atoms with Crippen LogP contribution >= 0.6 is 0 Å². The second kappa shape index (κ2) is 14.2. The third kappa shape index (κ3) is 8.67. The first kappa shape index (κ1) is 28.8. The zero-order chi connectivity index (χ0) is 26.7. The van der Waals surface area contributed by atoms with E-state index in [4.69, 9.17) is 20.2 Å². The van der Waals surface area contributed by atoms with E-state index in [1.54, 1.807) is 16.8 Å². The Bertz CT molecular complexity index is 1140. The number of benzene rings is 1. The summed E-state index contributed by atoms with van der Waals surface area (Å²) >= 11 is 0. The standard InChI is InChI=1S/C28H40N6O2/c1-8-21(4)15-24(11-12-29)19-31-22(5)25-10-9-23(18-30)16-26(25)36-28-17-27(32-34(28)7)33(6)13-14-35-20(2)3/h9-10,15-17,19-20H,8,11-14,29H2,1-7H3/b21-15+,24-19-,31-22?. The lowest BCUT2D eigenvalue weighted by Crippen LogP contribution is -2.24. The quantitative estimate of drug-likeness (QED) is 0.299. The number of aromatic nitrogens is 2. The van der Waals surface area contributed by atoms with E-state index in [1.807, 2.05) is 58.1 Å². The highest BCUT2D eigenvalue weighted by atomic mass is 16.5. The van der Waals surface area contributed by atoms with Crippen molar-refractivity contribution in [1.82, 2.24) is 9.78 Å². The molecule has 2 N–H and O–H groups in total. The van der Waals surface area contributed by atoms with E-state index in [9.17, 15) is 5.26 Å². The molecule has 2 rings (SSSR count). The second-order valence-electron chi connectivity index (χ2n) is 9.03. The van der Waals surface area contributed by atoms with Crippen molar-refractivity contribution in [3.05, 3.63) is 58.8 Å². The van der Waals surface area contributed by atoms with E-state index < -0.39 is 0 Å². The lowest BCUT2D eigenvalue weighted by atomic mass is 10.1. The van der Waals surface area contributed by atoms with Gasteiger partial charge in [-0.1, -0.05) is 18.6 Å². The van der Waals surface area contributed by atoms with Crippen LogP contribution in [0.25, 0.3) is 0 Å². The molecule has 2 aromatic rings. The third-order valence-electron chi connectivity index (χ3n) is 5.65. The molecule has 0 spiro atoms. The molecular formula is C28H40N6O2. The van der Waals surface area contributed by atoms with Crippen molar-refractivity contribution in [2.75, 3.05) is 31.6 Å². The summed E-state index contributed by atoms with van der Waals surface area (Å²) in [5.41, 5.74) is 10.2. The van der Waals surface area contributed by atoms with Crippen molar-refractivity contribution in [3.63, 3.8) is 0 Å². The number of nitrogens with zero attached hydrogens (tertiary/aromatic N) is 5. The molecule has 0 radical (unpaired) electrons. The predicted molar refractivity (Wildman–Crippen MR) is 147 cm³/mol. The van der Waals surface area contributed by atoms with Gasteiger partial charge in [0.25, 0.3) is 0 Å². The molecule has 1 aromatic heterocycles. The highest BCUT2D eigenvalue weighted by molar-refractivity contribution is 6.01. The molecular weight excluding hydrogens is 452 g/mol. The largest absolute Gasteiger partial charge is 0.438 e. The van der Waals surface area contributed by atoms with Gasteiger partial charge in [0, 0.05) is 44.2 Å². The van der Waals surface area contributed by atoms with Gasteiger partial charge in [-0.05, 0) is 70.9 Å². The van der Waals surface area contributed by atoms with Crippen LogP contribution in [0, 0.1) is 11.3 Å². The van der Waals surface area contributed by atoms with Gasteiger partial charge in [-0.3, -0.25) is 4.99 Å². The van der Waals surface area contributed by atoms with Crippen molar-refractivity contribution in [2.24, 2.45) is 17.8 Å². The number of ether oxygens (including phenoxy) is 2. The maximum Gasteiger partial charge on any atom is 0.219 e. The van der Waals surface area contributed by atoms with Gasteiger partial charge < -0.3 is 20.1 Å². The Hall–Kier alpha value is -3.41.